The van der Waals surface area contributed by atoms with Crippen LogP contribution in [0.2, 0.25) is 0 Å². The SMILES string of the molecule is C=C1CN(C(C)=O)C(=S)S1. The summed E-state index contributed by atoms with van der Waals surface area (Å²) in [5, 5.41) is 0. The minimum absolute atomic E-state index is 0.00356. The summed E-state index contributed by atoms with van der Waals surface area (Å²) < 4.78 is 0.623. The van der Waals surface area contributed by atoms with Crippen molar-refractivity contribution < 1.29 is 4.79 Å². The van der Waals surface area contributed by atoms with Crippen LogP contribution in [0.3, 0.4) is 0 Å². The fourth-order valence-corrected chi connectivity index (χ4v) is 1.98. The monoisotopic (exact) mass is 173 g/mol. The van der Waals surface area contributed by atoms with Crippen molar-refractivity contribution in [3.8, 4) is 0 Å². The fraction of sp³-hybridized carbons (Fsp3) is 0.333. The summed E-state index contributed by atoms with van der Waals surface area (Å²) in [6, 6.07) is 0. The molecule has 0 bridgehead atoms. The largest absolute Gasteiger partial charge is 0.293 e. The Balaban J connectivity index is 2.72. The zero-order valence-corrected chi connectivity index (χ0v) is 7.22. The molecule has 0 atom stereocenters. The number of nitrogens with zero attached hydrogens (tertiary/aromatic N) is 1. The van der Waals surface area contributed by atoms with Crippen LogP contribution in [0.5, 0.6) is 0 Å². The average Bonchev–Trinajstić information content (AvgIpc) is 2.10. The van der Waals surface area contributed by atoms with Crippen molar-refractivity contribution in [3.05, 3.63) is 11.5 Å². The molecular weight excluding hydrogens is 166 g/mol. The van der Waals surface area contributed by atoms with Gasteiger partial charge in [0.25, 0.3) is 0 Å². The molecule has 0 saturated carbocycles. The first-order valence-electron chi connectivity index (χ1n) is 2.79. The van der Waals surface area contributed by atoms with Crippen LogP contribution in [0.15, 0.2) is 11.5 Å². The fourth-order valence-electron chi connectivity index (χ4n) is 0.692. The quantitative estimate of drug-likeness (QED) is 0.516. The van der Waals surface area contributed by atoms with Crippen molar-refractivity contribution in [2.24, 2.45) is 0 Å². The van der Waals surface area contributed by atoms with Gasteiger partial charge in [0.05, 0.1) is 6.54 Å². The molecule has 1 fully saturated rings. The Kier molecular flexibility index (Phi) is 2.11. The van der Waals surface area contributed by atoms with Gasteiger partial charge in [0.15, 0.2) is 0 Å². The second kappa shape index (κ2) is 2.72. The number of thioether (sulfide) groups is 1. The topological polar surface area (TPSA) is 20.3 Å². The van der Waals surface area contributed by atoms with Crippen LogP contribution in [-0.4, -0.2) is 21.7 Å². The van der Waals surface area contributed by atoms with E-state index in [2.05, 4.69) is 6.58 Å². The van der Waals surface area contributed by atoms with E-state index in [1.165, 1.54) is 18.7 Å². The van der Waals surface area contributed by atoms with Gasteiger partial charge in [-0.2, -0.15) is 0 Å². The lowest BCUT2D eigenvalue weighted by Gasteiger charge is -2.09. The Morgan fingerprint density at radius 3 is 2.70 bits per heavy atom. The van der Waals surface area contributed by atoms with Gasteiger partial charge in [0.1, 0.15) is 4.32 Å². The van der Waals surface area contributed by atoms with Crippen molar-refractivity contribution in [1.82, 2.24) is 4.90 Å². The van der Waals surface area contributed by atoms with Crippen LogP contribution in [0.1, 0.15) is 6.92 Å². The Hall–Kier alpha value is -0.350. The smallest absolute Gasteiger partial charge is 0.225 e. The molecule has 10 heavy (non-hydrogen) atoms. The van der Waals surface area contributed by atoms with Crippen LogP contribution in [0.25, 0.3) is 0 Å². The van der Waals surface area contributed by atoms with Crippen LogP contribution in [-0.2, 0) is 4.79 Å². The standard InChI is InChI=1S/C6H7NOS2/c1-4-3-7(5(2)8)6(9)10-4/h1,3H2,2H3. The number of rotatable bonds is 0. The zero-order chi connectivity index (χ0) is 7.72. The molecule has 54 valence electrons. The van der Waals surface area contributed by atoms with Crippen molar-refractivity contribution in [1.29, 1.82) is 0 Å². The zero-order valence-electron chi connectivity index (χ0n) is 5.59. The molecule has 1 saturated heterocycles. The third-order valence-corrected chi connectivity index (χ3v) is 2.45. The summed E-state index contributed by atoms with van der Waals surface area (Å²) in [6.45, 7) is 5.81. The van der Waals surface area contributed by atoms with Crippen molar-refractivity contribution >= 4 is 34.2 Å². The van der Waals surface area contributed by atoms with Gasteiger partial charge in [-0.1, -0.05) is 30.6 Å². The predicted octanol–water partition coefficient (Wildman–Crippen LogP) is 1.38. The van der Waals surface area contributed by atoms with Gasteiger partial charge in [-0.15, -0.1) is 0 Å². The number of thiocarbonyl (C=S) groups is 1. The number of hydrogen-bond donors (Lipinski definition) is 0. The molecule has 0 unspecified atom stereocenters. The molecular formula is C6H7NOS2. The summed E-state index contributed by atoms with van der Waals surface area (Å²) >= 11 is 6.30. The van der Waals surface area contributed by atoms with E-state index in [-0.39, 0.29) is 5.91 Å². The van der Waals surface area contributed by atoms with Crippen LogP contribution in [0.4, 0.5) is 0 Å². The molecule has 0 N–H and O–H groups in total. The van der Waals surface area contributed by atoms with E-state index in [1.807, 2.05) is 0 Å². The van der Waals surface area contributed by atoms with Crippen molar-refractivity contribution in [2.45, 2.75) is 6.92 Å². The van der Waals surface area contributed by atoms with E-state index in [9.17, 15) is 4.79 Å². The number of hydrogen-bond acceptors (Lipinski definition) is 3. The van der Waals surface area contributed by atoms with E-state index >= 15 is 0 Å². The molecule has 0 aromatic heterocycles. The summed E-state index contributed by atoms with van der Waals surface area (Å²) in [4.78, 5) is 13.3. The highest BCUT2D eigenvalue weighted by atomic mass is 32.2. The number of amides is 1. The predicted molar refractivity (Wildman–Crippen MR) is 46.7 cm³/mol. The second-order valence-corrected chi connectivity index (χ2v) is 3.83. The summed E-state index contributed by atoms with van der Waals surface area (Å²) in [5.74, 6) is -0.00356. The number of carbonyl (C=O) groups is 1. The Morgan fingerprint density at radius 1 is 1.90 bits per heavy atom. The van der Waals surface area contributed by atoms with Gasteiger partial charge < -0.3 is 0 Å². The molecule has 0 aromatic carbocycles. The van der Waals surface area contributed by atoms with E-state index in [0.29, 0.717) is 10.9 Å². The summed E-state index contributed by atoms with van der Waals surface area (Å²) in [7, 11) is 0. The maximum absolute atomic E-state index is 10.8. The van der Waals surface area contributed by atoms with Crippen molar-refractivity contribution in [3.63, 3.8) is 0 Å². The lowest BCUT2D eigenvalue weighted by atomic mass is 10.5. The molecule has 0 radical (unpaired) electrons. The van der Waals surface area contributed by atoms with Gasteiger partial charge in [-0.3, -0.25) is 9.69 Å². The van der Waals surface area contributed by atoms with Crippen LogP contribution < -0.4 is 0 Å². The van der Waals surface area contributed by atoms with E-state index in [0.717, 1.165) is 4.91 Å². The Morgan fingerprint density at radius 2 is 2.50 bits per heavy atom. The van der Waals surface area contributed by atoms with Crippen molar-refractivity contribution in [2.75, 3.05) is 6.54 Å². The minimum Gasteiger partial charge on any atom is -0.293 e. The van der Waals surface area contributed by atoms with Gasteiger partial charge in [0, 0.05) is 11.8 Å². The lowest BCUT2D eigenvalue weighted by molar-refractivity contribution is -0.124. The Labute approximate surface area is 69.3 Å². The lowest BCUT2D eigenvalue weighted by Crippen LogP contribution is -2.27. The van der Waals surface area contributed by atoms with E-state index in [4.69, 9.17) is 12.2 Å². The van der Waals surface area contributed by atoms with Gasteiger partial charge in [-0.25, -0.2) is 0 Å². The van der Waals surface area contributed by atoms with Crippen LogP contribution in [0, 0.1) is 0 Å². The van der Waals surface area contributed by atoms with E-state index in [1.54, 1.807) is 4.90 Å². The molecule has 2 nitrogen and oxygen atoms in total. The Bertz CT molecular complexity index is 212. The van der Waals surface area contributed by atoms with Gasteiger partial charge >= 0.3 is 0 Å². The first kappa shape index (κ1) is 7.75. The average molecular weight is 173 g/mol. The highest BCUT2D eigenvalue weighted by Gasteiger charge is 2.23. The summed E-state index contributed by atoms with van der Waals surface area (Å²) in [6.07, 6.45) is 0. The highest BCUT2D eigenvalue weighted by molar-refractivity contribution is 8.25. The molecule has 0 aromatic rings. The maximum Gasteiger partial charge on any atom is 0.225 e. The molecule has 1 rings (SSSR count). The van der Waals surface area contributed by atoms with Gasteiger partial charge in [0.2, 0.25) is 5.91 Å². The molecule has 4 heteroatoms. The normalized spacial score (nSPS) is 18.3. The molecule has 0 aliphatic carbocycles. The molecule has 0 spiro atoms. The maximum atomic E-state index is 10.8. The second-order valence-electron chi connectivity index (χ2n) is 2.01. The third kappa shape index (κ3) is 1.38. The molecule has 1 aliphatic heterocycles. The molecule has 1 amide bonds. The highest BCUT2D eigenvalue weighted by Crippen LogP contribution is 2.27. The molecule has 1 heterocycles. The first-order chi connectivity index (χ1) is 4.61. The van der Waals surface area contributed by atoms with Gasteiger partial charge in [-0.05, 0) is 0 Å². The number of carbonyl (C=O) groups excluding carboxylic acids is 1. The third-order valence-electron chi connectivity index (χ3n) is 1.17. The van der Waals surface area contributed by atoms with Crippen LogP contribution >= 0.6 is 24.0 Å². The molecule has 1 aliphatic rings. The van der Waals surface area contributed by atoms with E-state index < -0.39 is 0 Å². The summed E-state index contributed by atoms with van der Waals surface area (Å²) in [5.41, 5.74) is 0. The first-order valence-corrected chi connectivity index (χ1v) is 4.01. The minimum atomic E-state index is -0.00356.